The second-order valence-electron chi connectivity index (χ2n) is 6.31. The lowest BCUT2D eigenvalue weighted by atomic mass is 10.00. The minimum Gasteiger partial charge on any atom is -0.506 e. The van der Waals surface area contributed by atoms with Crippen LogP contribution in [0.4, 0.5) is 0 Å². The first kappa shape index (κ1) is 18.3. The number of piperazine rings is 1. The SMILES string of the molecule is CCC[C@@H]1C(=O)NCCN1C(=O)c1cc(-c2ccccc2)cc(Cl)c1O. The number of aromatic hydroxyl groups is 1. The summed E-state index contributed by atoms with van der Waals surface area (Å²) < 4.78 is 0. The van der Waals surface area contributed by atoms with E-state index in [0.717, 1.165) is 17.5 Å². The predicted octanol–water partition coefficient (Wildman–Crippen LogP) is 3.45. The Morgan fingerprint density at radius 1 is 1.27 bits per heavy atom. The summed E-state index contributed by atoms with van der Waals surface area (Å²) >= 11 is 6.18. The molecule has 0 unspecified atom stereocenters. The Labute approximate surface area is 157 Å². The molecule has 6 heteroatoms. The van der Waals surface area contributed by atoms with Gasteiger partial charge in [-0.25, -0.2) is 0 Å². The molecule has 5 nitrogen and oxygen atoms in total. The zero-order valence-corrected chi connectivity index (χ0v) is 15.3. The summed E-state index contributed by atoms with van der Waals surface area (Å²) in [4.78, 5) is 26.8. The molecule has 0 spiro atoms. The van der Waals surface area contributed by atoms with E-state index in [9.17, 15) is 14.7 Å². The first-order chi connectivity index (χ1) is 12.5. The van der Waals surface area contributed by atoms with E-state index in [-0.39, 0.29) is 28.1 Å². The lowest BCUT2D eigenvalue weighted by Crippen LogP contribution is -2.57. The Hall–Kier alpha value is -2.53. The topological polar surface area (TPSA) is 69.6 Å². The van der Waals surface area contributed by atoms with Crippen LogP contribution in [0.2, 0.25) is 5.02 Å². The maximum Gasteiger partial charge on any atom is 0.258 e. The van der Waals surface area contributed by atoms with Gasteiger partial charge in [-0.3, -0.25) is 9.59 Å². The van der Waals surface area contributed by atoms with E-state index < -0.39 is 6.04 Å². The standard InChI is InChI=1S/C20H21ClN2O3/c1-2-6-17-19(25)22-9-10-23(17)20(26)15-11-14(12-16(21)18(15)24)13-7-4-3-5-8-13/h3-5,7-8,11-12,17,24H,2,6,9-10H2,1H3,(H,22,25)/t17-/m1/s1. The molecule has 0 radical (unpaired) electrons. The highest BCUT2D eigenvalue weighted by atomic mass is 35.5. The van der Waals surface area contributed by atoms with Crippen LogP contribution in [0.1, 0.15) is 30.1 Å². The highest BCUT2D eigenvalue weighted by molar-refractivity contribution is 6.33. The summed E-state index contributed by atoms with van der Waals surface area (Å²) in [5.41, 5.74) is 1.75. The van der Waals surface area contributed by atoms with Gasteiger partial charge in [0.25, 0.3) is 5.91 Å². The second kappa shape index (κ2) is 7.79. The van der Waals surface area contributed by atoms with Crippen molar-refractivity contribution in [2.45, 2.75) is 25.8 Å². The number of hydrogen-bond acceptors (Lipinski definition) is 3. The van der Waals surface area contributed by atoms with Gasteiger partial charge >= 0.3 is 0 Å². The van der Waals surface area contributed by atoms with Crippen molar-refractivity contribution in [2.75, 3.05) is 13.1 Å². The molecule has 2 N–H and O–H groups in total. The Morgan fingerprint density at radius 3 is 2.69 bits per heavy atom. The average molecular weight is 373 g/mol. The van der Waals surface area contributed by atoms with E-state index in [2.05, 4.69) is 5.32 Å². The molecule has 0 aliphatic carbocycles. The number of amides is 2. The van der Waals surface area contributed by atoms with Gasteiger partial charge in [0.1, 0.15) is 11.8 Å². The number of carbonyl (C=O) groups is 2. The molecule has 1 atom stereocenters. The molecule has 26 heavy (non-hydrogen) atoms. The van der Waals surface area contributed by atoms with Crippen molar-refractivity contribution in [3.8, 4) is 16.9 Å². The Kier molecular flexibility index (Phi) is 5.47. The fourth-order valence-electron chi connectivity index (χ4n) is 3.23. The molecule has 0 saturated carbocycles. The zero-order valence-electron chi connectivity index (χ0n) is 14.5. The third-order valence-corrected chi connectivity index (χ3v) is 4.84. The molecular weight excluding hydrogens is 352 g/mol. The van der Waals surface area contributed by atoms with Crippen LogP contribution in [0.5, 0.6) is 5.75 Å². The number of phenolic OH excluding ortho intramolecular Hbond substituents is 1. The van der Waals surface area contributed by atoms with E-state index in [1.807, 2.05) is 37.3 Å². The summed E-state index contributed by atoms with van der Waals surface area (Å²) in [6.45, 7) is 2.77. The molecule has 2 aromatic carbocycles. The molecule has 2 aromatic rings. The number of nitrogens with one attached hydrogen (secondary N) is 1. The summed E-state index contributed by atoms with van der Waals surface area (Å²) in [6, 6.07) is 12.2. The van der Waals surface area contributed by atoms with Crippen LogP contribution < -0.4 is 5.32 Å². The third kappa shape index (κ3) is 3.53. The van der Waals surface area contributed by atoms with Gasteiger partial charge in [-0.15, -0.1) is 0 Å². The van der Waals surface area contributed by atoms with Gasteiger partial charge in [0, 0.05) is 13.1 Å². The van der Waals surface area contributed by atoms with Crippen molar-refractivity contribution in [3.05, 3.63) is 53.1 Å². The molecule has 136 valence electrons. The van der Waals surface area contributed by atoms with Crippen molar-refractivity contribution in [3.63, 3.8) is 0 Å². The lowest BCUT2D eigenvalue weighted by Gasteiger charge is -2.35. The lowest BCUT2D eigenvalue weighted by molar-refractivity contribution is -0.128. The maximum atomic E-state index is 13.1. The monoisotopic (exact) mass is 372 g/mol. The summed E-state index contributed by atoms with van der Waals surface area (Å²) in [6.07, 6.45) is 1.35. The predicted molar refractivity (Wildman–Crippen MR) is 101 cm³/mol. The van der Waals surface area contributed by atoms with E-state index >= 15 is 0 Å². The highest BCUT2D eigenvalue weighted by Crippen LogP contribution is 2.34. The fraction of sp³-hybridized carbons (Fsp3) is 0.300. The summed E-state index contributed by atoms with van der Waals surface area (Å²) in [5.74, 6) is -0.788. The molecule has 0 aromatic heterocycles. The van der Waals surface area contributed by atoms with Crippen LogP contribution in [0.15, 0.2) is 42.5 Å². The van der Waals surface area contributed by atoms with Crippen LogP contribution in [0, 0.1) is 0 Å². The minimum atomic E-state index is -0.528. The number of halogens is 1. The van der Waals surface area contributed by atoms with Crippen molar-refractivity contribution in [1.29, 1.82) is 0 Å². The van der Waals surface area contributed by atoms with Crippen molar-refractivity contribution in [1.82, 2.24) is 10.2 Å². The first-order valence-corrected chi connectivity index (χ1v) is 9.07. The van der Waals surface area contributed by atoms with Crippen LogP contribution in [0.25, 0.3) is 11.1 Å². The smallest absolute Gasteiger partial charge is 0.258 e. The number of nitrogens with zero attached hydrogens (tertiary/aromatic N) is 1. The van der Waals surface area contributed by atoms with Gasteiger partial charge in [-0.1, -0.05) is 55.3 Å². The minimum absolute atomic E-state index is 0.114. The van der Waals surface area contributed by atoms with Gasteiger partial charge < -0.3 is 15.3 Å². The van der Waals surface area contributed by atoms with Crippen LogP contribution in [-0.4, -0.2) is 41.0 Å². The van der Waals surface area contributed by atoms with Crippen molar-refractivity contribution < 1.29 is 14.7 Å². The molecule has 1 heterocycles. The summed E-state index contributed by atoms with van der Waals surface area (Å²) in [7, 11) is 0. The van der Waals surface area contributed by atoms with E-state index in [1.165, 1.54) is 4.90 Å². The first-order valence-electron chi connectivity index (χ1n) is 8.69. The Morgan fingerprint density at radius 2 is 2.00 bits per heavy atom. The van der Waals surface area contributed by atoms with Crippen molar-refractivity contribution in [2.24, 2.45) is 0 Å². The molecule has 1 aliphatic heterocycles. The molecular formula is C20H21ClN2O3. The number of benzene rings is 2. The Balaban J connectivity index is 2.01. The number of carbonyl (C=O) groups excluding carboxylic acids is 2. The molecule has 1 aliphatic rings. The number of rotatable bonds is 4. The third-order valence-electron chi connectivity index (χ3n) is 4.55. The molecule has 2 amide bonds. The quantitative estimate of drug-likeness (QED) is 0.863. The number of hydrogen-bond donors (Lipinski definition) is 2. The van der Waals surface area contributed by atoms with Crippen LogP contribution in [0.3, 0.4) is 0 Å². The molecule has 1 fully saturated rings. The second-order valence-corrected chi connectivity index (χ2v) is 6.72. The zero-order chi connectivity index (χ0) is 18.7. The van der Waals surface area contributed by atoms with Gasteiger partial charge in [-0.05, 0) is 29.7 Å². The molecule has 0 bridgehead atoms. The highest BCUT2D eigenvalue weighted by Gasteiger charge is 2.34. The van der Waals surface area contributed by atoms with Gasteiger partial charge in [0.05, 0.1) is 10.6 Å². The van der Waals surface area contributed by atoms with Gasteiger partial charge in [-0.2, -0.15) is 0 Å². The van der Waals surface area contributed by atoms with Gasteiger partial charge in [0.15, 0.2) is 0 Å². The van der Waals surface area contributed by atoms with E-state index in [4.69, 9.17) is 11.6 Å². The van der Waals surface area contributed by atoms with E-state index in [1.54, 1.807) is 12.1 Å². The molecule has 1 saturated heterocycles. The average Bonchev–Trinajstić information content (AvgIpc) is 2.66. The molecule has 3 rings (SSSR count). The largest absolute Gasteiger partial charge is 0.506 e. The summed E-state index contributed by atoms with van der Waals surface area (Å²) in [5, 5.41) is 13.3. The number of phenols is 1. The van der Waals surface area contributed by atoms with Gasteiger partial charge in [0.2, 0.25) is 5.91 Å². The maximum absolute atomic E-state index is 13.1. The van der Waals surface area contributed by atoms with Crippen LogP contribution in [-0.2, 0) is 4.79 Å². The fourth-order valence-corrected chi connectivity index (χ4v) is 3.45. The van der Waals surface area contributed by atoms with Crippen LogP contribution >= 0.6 is 11.6 Å². The normalized spacial score (nSPS) is 17.1. The van der Waals surface area contributed by atoms with E-state index in [0.29, 0.717) is 19.5 Å². The Bertz CT molecular complexity index is 823. The van der Waals surface area contributed by atoms with Crippen molar-refractivity contribution >= 4 is 23.4 Å².